The van der Waals surface area contributed by atoms with Crippen LogP contribution < -0.4 is 14.9 Å². The standard InChI is InChI=1S/C23H19FN2O3S/c1-3-29-22(28)19-14(2)25-23-26(20(19)16-9-5-4-6-10-16)21(27)18(30-23)13-15-8-7-11-17(24)12-15/h4-13,20H,3H2,1-2H3/t20-/m1/s1. The Balaban J connectivity index is 1.96. The fraction of sp³-hybridized carbons (Fsp3) is 0.174. The summed E-state index contributed by atoms with van der Waals surface area (Å²) in [4.78, 5) is 31.1. The molecule has 5 nitrogen and oxygen atoms in total. The summed E-state index contributed by atoms with van der Waals surface area (Å²) in [6.45, 7) is 3.70. The van der Waals surface area contributed by atoms with Crippen molar-refractivity contribution in [3.05, 3.63) is 102 Å². The second kappa shape index (κ2) is 8.20. The van der Waals surface area contributed by atoms with Crippen LogP contribution in [0.2, 0.25) is 0 Å². The molecule has 4 rings (SSSR count). The number of hydrogen-bond donors (Lipinski definition) is 0. The number of aromatic nitrogens is 1. The van der Waals surface area contributed by atoms with Crippen molar-refractivity contribution in [1.82, 2.24) is 4.57 Å². The van der Waals surface area contributed by atoms with E-state index in [2.05, 4.69) is 4.99 Å². The predicted molar refractivity (Wildman–Crippen MR) is 113 cm³/mol. The first-order chi connectivity index (χ1) is 14.5. The maximum absolute atomic E-state index is 13.6. The summed E-state index contributed by atoms with van der Waals surface area (Å²) < 4.78 is 20.8. The quantitative estimate of drug-likeness (QED) is 0.608. The van der Waals surface area contributed by atoms with Gasteiger partial charge in [-0.25, -0.2) is 14.2 Å². The van der Waals surface area contributed by atoms with Gasteiger partial charge in [0.2, 0.25) is 0 Å². The van der Waals surface area contributed by atoms with Crippen LogP contribution in [0.3, 0.4) is 0 Å². The lowest BCUT2D eigenvalue weighted by atomic mass is 9.96. The number of thiazole rings is 1. The smallest absolute Gasteiger partial charge is 0.338 e. The highest BCUT2D eigenvalue weighted by molar-refractivity contribution is 7.07. The fourth-order valence-corrected chi connectivity index (χ4v) is 4.54. The van der Waals surface area contributed by atoms with Crippen molar-refractivity contribution in [2.24, 2.45) is 4.99 Å². The summed E-state index contributed by atoms with van der Waals surface area (Å²) in [5.74, 6) is -0.869. The third-order valence-electron chi connectivity index (χ3n) is 4.78. The molecular weight excluding hydrogens is 403 g/mol. The summed E-state index contributed by atoms with van der Waals surface area (Å²) in [5.41, 5.74) is 1.94. The van der Waals surface area contributed by atoms with Gasteiger partial charge < -0.3 is 4.74 Å². The van der Waals surface area contributed by atoms with E-state index in [4.69, 9.17) is 4.74 Å². The van der Waals surface area contributed by atoms with E-state index in [1.54, 1.807) is 32.1 Å². The van der Waals surface area contributed by atoms with Crippen LogP contribution in [0.5, 0.6) is 0 Å². The zero-order valence-corrected chi connectivity index (χ0v) is 17.3. The van der Waals surface area contributed by atoms with Gasteiger partial charge in [-0.1, -0.05) is 53.8 Å². The molecule has 0 spiro atoms. The first-order valence-electron chi connectivity index (χ1n) is 9.49. The number of fused-ring (bicyclic) bond motifs is 1. The molecule has 1 aliphatic heterocycles. The van der Waals surface area contributed by atoms with Gasteiger partial charge in [-0.05, 0) is 43.2 Å². The second-order valence-corrected chi connectivity index (χ2v) is 7.78. The minimum atomic E-state index is -0.642. The highest BCUT2D eigenvalue weighted by atomic mass is 32.1. The third-order valence-corrected chi connectivity index (χ3v) is 5.76. The number of carbonyl (C=O) groups is 1. The Morgan fingerprint density at radius 1 is 1.23 bits per heavy atom. The Hall–Kier alpha value is -3.32. The van der Waals surface area contributed by atoms with E-state index >= 15 is 0 Å². The lowest BCUT2D eigenvalue weighted by Crippen LogP contribution is -2.39. The maximum atomic E-state index is 13.6. The van der Waals surface area contributed by atoms with Gasteiger partial charge in [0.15, 0.2) is 4.80 Å². The number of rotatable bonds is 4. The second-order valence-electron chi connectivity index (χ2n) is 6.77. The van der Waals surface area contributed by atoms with E-state index in [1.165, 1.54) is 28.0 Å². The molecule has 0 N–H and O–H groups in total. The Kier molecular flexibility index (Phi) is 5.46. The van der Waals surface area contributed by atoms with Crippen molar-refractivity contribution in [1.29, 1.82) is 0 Å². The number of halogens is 1. The van der Waals surface area contributed by atoms with Crippen molar-refractivity contribution in [3.8, 4) is 0 Å². The molecular formula is C23H19FN2O3S. The maximum Gasteiger partial charge on any atom is 0.338 e. The van der Waals surface area contributed by atoms with Crippen LogP contribution in [-0.2, 0) is 9.53 Å². The van der Waals surface area contributed by atoms with Crippen LogP contribution in [0.1, 0.15) is 31.0 Å². The average molecular weight is 422 g/mol. The number of carbonyl (C=O) groups excluding carboxylic acids is 1. The van der Waals surface area contributed by atoms with Gasteiger partial charge in [-0.15, -0.1) is 0 Å². The molecule has 30 heavy (non-hydrogen) atoms. The van der Waals surface area contributed by atoms with Crippen molar-refractivity contribution in [3.63, 3.8) is 0 Å². The summed E-state index contributed by atoms with van der Waals surface area (Å²) in [6.07, 6.45) is 1.64. The highest BCUT2D eigenvalue weighted by Crippen LogP contribution is 2.30. The molecule has 0 unspecified atom stereocenters. The zero-order valence-electron chi connectivity index (χ0n) is 16.5. The Morgan fingerprint density at radius 3 is 2.70 bits per heavy atom. The third kappa shape index (κ3) is 3.64. The predicted octanol–water partition coefficient (Wildman–Crippen LogP) is 2.94. The molecule has 2 heterocycles. The van der Waals surface area contributed by atoms with Crippen LogP contribution >= 0.6 is 11.3 Å². The van der Waals surface area contributed by atoms with Crippen LogP contribution in [0, 0.1) is 5.82 Å². The largest absolute Gasteiger partial charge is 0.463 e. The number of allylic oxidation sites excluding steroid dienone is 1. The van der Waals surface area contributed by atoms with Crippen molar-refractivity contribution < 1.29 is 13.9 Å². The Morgan fingerprint density at radius 2 is 2.00 bits per heavy atom. The molecule has 0 bridgehead atoms. The number of hydrogen-bond acceptors (Lipinski definition) is 5. The molecule has 152 valence electrons. The van der Waals surface area contributed by atoms with E-state index in [-0.39, 0.29) is 18.0 Å². The SMILES string of the molecule is CCOC(=O)C1=C(C)N=c2sc(=Cc3cccc(F)c3)c(=O)n2[C@@H]1c1ccccc1. The molecule has 7 heteroatoms. The number of benzene rings is 2. The number of ether oxygens (including phenoxy) is 1. The molecule has 1 aromatic heterocycles. The Bertz CT molecular complexity index is 1320. The lowest BCUT2D eigenvalue weighted by molar-refractivity contribution is -0.139. The zero-order chi connectivity index (χ0) is 21.3. The fourth-order valence-electron chi connectivity index (χ4n) is 3.49. The highest BCUT2D eigenvalue weighted by Gasteiger charge is 2.33. The van der Waals surface area contributed by atoms with Gasteiger partial charge in [-0.3, -0.25) is 9.36 Å². The number of nitrogens with zero attached hydrogens (tertiary/aromatic N) is 2. The molecule has 0 amide bonds. The minimum Gasteiger partial charge on any atom is -0.463 e. The average Bonchev–Trinajstić information content (AvgIpc) is 3.02. The van der Waals surface area contributed by atoms with Gasteiger partial charge in [0.1, 0.15) is 5.82 Å². The molecule has 1 aliphatic rings. The van der Waals surface area contributed by atoms with E-state index in [9.17, 15) is 14.0 Å². The van der Waals surface area contributed by atoms with Crippen LogP contribution in [0.25, 0.3) is 6.08 Å². The number of esters is 1. The van der Waals surface area contributed by atoms with Crippen molar-refractivity contribution in [2.45, 2.75) is 19.9 Å². The Labute approximate surface area is 176 Å². The van der Waals surface area contributed by atoms with E-state index in [1.807, 2.05) is 30.3 Å². The molecule has 2 aromatic carbocycles. The molecule has 1 atom stereocenters. The van der Waals surface area contributed by atoms with Crippen molar-refractivity contribution in [2.75, 3.05) is 6.61 Å². The monoisotopic (exact) mass is 422 g/mol. The molecule has 0 saturated heterocycles. The van der Waals surface area contributed by atoms with Gasteiger partial charge in [0, 0.05) is 0 Å². The molecule has 0 radical (unpaired) electrons. The van der Waals surface area contributed by atoms with Gasteiger partial charge in [0.05, 0.1) is 28.5 Å². The summed E-state index contributed by atoms with van der Waals surface area (Å²) in [5, 5.41) is 0. The first kappa shape index (κ1) is 20.0. The summed E-state index contributed by atoms with van der Waals surface area (Å²) in [7, 11) is 0. The van der Waals surface area contributed by atoms with E-state index in [0.717, 1.165) is 5.56 Å². The van der Waals surface area contributed by atoms with Crippen LogP contribution in [0.4, 0.5) is 4.39 Å². The van der Waals surface area contributed by atoms with Crippen molar-refractivity contribution >= 4 is 23.4 Å². The van der Waals surface area contributed by atoms with Crippen LogP contribution in [-0.4, -0.2) is 17.1 Å². The first-order valence-corrected chi connectivity index (χ1v) is 10.3. The minimum absolute atomic E-state index is 0.223. The van der Waals surface area contributed by atoms with Gasteiger partial charge in [0.25, 0.3) is 5.56 Å². The normalized spacial score (nSPS) is 16.2. The lowest BCUT2D eigenvalue weighted by Gasteiger charge is -2.24. The molecule has 0 aliphatic carbocycles. The molecule has 0 saturated carbocycles. The van der Waals surface area contributed by atoms with Gasteiger partial charge >= 0.3 is 5.97 Å². The summed E-state index contributed by atoms with van der Waals surface area (Å²) >= 11 is 1.21. The topological polar surface area (TPSA) is 60.7 Å². The van der Waals surface area contributed by atoms with E-state index < -0.39 is 12.0 Å². The van der Waals surface area contributed by atoms with Gasteiger partial charge in [-0.2, -0.15) is 0 Å². The molecule has 0 fully saturated rings. The summed E-state index contributed by atoms with van der Waals surface area (Å²) in [6, 6.07) is 14.7. The molecule has 3 aromatic rings. The van der Waals surface area contributed by atoms with Crippen LogP contribution in [0.15, 0.2) is 75.7 Å². The van der Waals surface area contributed by atoms with E-state index in [0.29, 0.717) is 26.2 Å².